The van der Waals surface area contributed by atoms with Crippen LogP contribution in [0.25, 0.3) is 0 Å². The molecule has 0 aromatic heterocycles. The molecule has 1 fully saturated rings. The number of hydrogen-bond donors (Lipinski definition) is 0. The average molecular weight is 337 g/mol. The molecule has 20 heavy (non-hydrogen) atoms. The quantitative estimate of drug-likeness (QED) is 0.831. The Morgan fingerprint density at radius 2 is 1.75 bits per heavy atom. The number of carbonyl (C=O) groups excluding carboxylic acids is 1. The minimum atomic E-state index is 0.0977. The average Bonchev–Trinajstić information content (AvgIpc) is 2.49. The van der Waals surface area contributed by atoms with E-state index in [4.69, 9.17) is 4.74 Å². The molecule has 1 aromatic rings. The Morgan fingerprint density at radius 3 is 2.45 bits per heavy atom. The van der Waals surface area contributed by atoms with Gasteiger partial charge in [-0.1, -0.05) is 22.0 Å². The van der Waals surface area contributed by atoms with Crippen molar-refractivity contribution < 1.29 is 9.53 Å². The van der Waals surface area contributed by atoms with Gasteiger partial charge in [-0.05, 0) is 30.7 Å². The van der Waals surface area contributed by atoms with Gasteiger partial charge in [0.25, 0.3) is 5.91 Å². The summed E-state index contributed by atoms with van der Waals surface area (Å²) in [7, 11) is 0. The molecule has 2 heterocycles. The number of benzene rings is 1. The highest BCUT2D eigenvalue weighted by Crippen LogP contribution is 2.24. The standard InChI is InChI=1S/C15H17BrN2O2/c16-12-3-5-13(6-4-12)18-7-1-2-14(15(18)19)17-8-10-20-11-9-17/h2-6H,1,7-11H2. The highest BCUT2D eigenvalue weighted by atomic mass is 79.9. The Hall–Kier alpha value is -1.33. The first-order chi connectivity index (χ1) is 9.75. The van der Waals surface area contributed by atoms with Crippen LogP contribution in [0, 0.1) is 0 Å². The maximum absolute atomic E-state index is 12.7. The molecule has 3 rings (SSSR count). The van der Waals surface area contributed by atoms with Crippen LogP contribution in [0.5, 0.6) is 0 Å². The van der Waals surface area contributed by atoms with Crippen molar-refractivity contribution in [2.75, 3.05) is 37.7 Å². The highest BCUT2D eigenvalue weighted by Gasteiger charge is 2.27. The van der Waals surface area contributed by atoms with Crippen LogP contribution in [-0.4, -0.2) is 43.7 Å². The molecule has 0 unspecified atom stereocenters. The minimum Gasteiger partial charge on any atom is -0.378 e. The van der Waals surface area contributed by atoms with E-state index in [0.717, 1.165) is 41.9 Å². The van der Waals surface area contributed by atoms with Crippen molar-refractivity contribution >= 4 is 27.5 Å². The van der Waals surface area contributed by atoms with Crippen molar-refractivity contribution in [3.8, 4) is 0 Å². The molecule has 2 aliphatic heterocycles. The number of amides is 1. The Balaban J connectivity index is 1.80. The zero-order chi connectivity index (χ0) is 13.9. The van der Waals surface area contributed by atoms with Crippen LogP contribution in [0.2, 0.25) is 0 Å². The topological polar surface area (TPSA) is 32.8 Å². The van der Waals surface area contributed by atoms with Gasteiger partial charge in [0.1, 0.15) is 0 Å². The summed E-state index contributed by atoms with van der Waals surface area (Å²) in [6.07, 6.45) is 2.96. The number of halogens is 1. The van der Waals surface area contributed by atoms with E-state index in [2.05, 4.69) is 26.9 Å². The summed E-state index contributed by atoms with van der Waals surface area (Å²) in [6, 6.07) is 7.89. The molecule has 0 N–H and O–H groups in total. The molecular formula is C15H17BrN2O2. The summed E-state index contributed by atoms with van der Waals surface area (Å²) < 4.78 is 6.37. The molecule has 2 aliphatic rings. The van der Waals surface area contributed by atoms with E-state index in [1.165, 1.54) is 0 Å². The van der Waals surface area contributed by atoms with Crippen molar-refractivity contribution in [2.24, 2.45) is 0 Å². The van der Waals surface area contributed by atoms with Crippen LogP contribution in [0.3, 0.4) is 0 Å². The maximum Gasteiger partial charge on any atom is 0.274 e. The first kappa shape index (κ1) is 13.6. The molecule has 4 nitrogen and oxygen atoms in total. The van der Waals surface area contributed by atoms with E-state index >= 15 is 0 Å². The molecule has 1 amide bonds. The Kier molecular flexibility index (Phi) is 4.08. The summed E-state index contributed by atoms with van der Waals surface area (Å²) >= 11 is 3.42. The lowest BCUT2D eigenvalue weighted by molar-refractivity contribution is -0.117. The first-order valence-electron chi connectivity index (χ1n) is 6.86. The number of anilines is 1. The second-order valence-electron chi connectivity index (χ2n) is 4.91. The SMILES string of the molecule is O=C1C(N2CCOCC2)=CCCN1c1ccc(Br)cc1. The normalized spacial score (nSPS) is 20.1. The minimum absolute atomic E-state index is 0.0977. The van der Waals surface area contributed by atoms with Gasteiger partial charge < -0.3 is 14.5 Å². The lowest BCUT2D eigenvalue weighted by atomic mass is 10.1. The molecule has 0 atom stereocenters. The van der Waals surface area contributed by atoms with Crippen molar-refractivity contribution in [1.29, 1.82) is 0 Å². The van der Waals surface area contributed by atoms with E-state index in [0.29, 0.717) is 13.2 Å². The zero-order valence-electron chi connectivity index (χ0n) is 11.2. The van der Waals surface area contributed by atoms with Crippen molar-refractivity contribution in [3.63, 3.8) is 0 Å². The lowest BCUT2D eigenvalue weighted by Gasteiger charge is -2.35. The summed E-state index contributed by atoms with van der Waals surface area (Å²) in [5.74, 6) is 0.0977. The summed E-state index contributed by atoms with van der Waals surface area (Å²) in [5.41, 5.74) is 1.78. The number of morpholine rings is 1. The highest BCUT2D eigenvalue weighted by molar-refractivity contribution is 9.10. The first-order valence-corrected chi connectivity index (χ1v) is 7.65. The van der Waals surface area contributed by atoms with Gasteiger partial charge in [-0.15, -0.1) is 0 Å². The molecule has 0 saturated carbocycles. The summed E-state index contributed by atoms with van der Waals surface area (Å²) in [4.78, 5) is 16.7. The van der Waals surface area contributed by atoms with Crippen LogP contribution < -0.4 is 4.90 Å². The fourth-order valence-electron chi connectivity index (χ4n) is 2.59. The molecule has 5 heteroatoms. The lowest BCUT2D eigenvalue weighted by Crippen LogP contribution is -2.45. The third-order valence-electron chi connectivity index (χ3n) is 3.64. The van der Waals surface area contributed by atoms with E-state index in [9.17, 15) is 4.79 Å². The second kappa shape index (κ2) is 5.97. The van der Waals surface area contributed by atoms with Gasteiger partial charge in [-0.3, -0.25) is 4.79 Å². The Labute approximate surface area is 127 Å². The molecule has 106 valence electrons. The second-order valence-corrected chi connectivity index (χ2v) is 5.83. The van der Waals surface area contributed by atoms with Gasteiger partial charge in [0.15, 0.2) is 0 Å². The number of hydrogen-bond acceptors (Lipinski definition) is 3. The number of ether oxygens (including phenoxy) is 1. The van der Waals surface area contributed by atoms with Gasteiger partial charge >= 0.3 is 0 Å². The van der Waals surface area contributed by atoms with Crippen LogP contribution >= 0.6 is 15.9 Å². The number of carbonyl (C=O) groups is 1. The third kappa shape index (κ3) is 2.74. The summed E-state index contributed by atoms with van der Waals surface area (Å²) in [6.45, 7) is 3.73. The predicted molar refractivity (Wildman–Crippen MR) is 81.6 cm³/mol. The number of rotatable bonds is 2. The van der Waals surface area contributed by atoms with E-state index < -0.39 is 0 Å². The largest absolute Gasteiger partial charge is 0.378 e. The van der Waals surface area contributed by atoms with Gasteiger partial charge in [-0.2, -0.15) is 0 Å². The monoisotopic (exact) mass is 336 g/mol. The van der Waals surface area contributed by atoms with E-state index in [1.807, 2.05) is 29.2 Å². The zero-order valence-corrected chi connectivity index (χ0v) is 12.8. The van der Waals surface area contributed by atoms with Crippen LogP contribution in [0.4, 0.5) is 5.69 Å². The van der Waals surface area contributed by atoms with Gasteiger partial charge in [0.05, 0.1) is 18.9 Å². The van der Waals surface area contributed by atoms with Crippen LogP contribution in [-0.2, 0) is 9.53 Å². The van der Waals surface area contributed by atoms with Crippen molar-refractivity contribution in [3.05, 3.63) is 40.5 Å². The molecular weight excluding hydrogens is 320 g/mol. The van der Waals surface area contributed by atoms with E-state index in [1.54, 1.807) is 0 Å². The van der Waals surface area contributed by atoms with Gasteiger partial charge in [0.2, 0.25) is 0 Å². The molecule has 0 radical (unpaired) electrons. The molecule has 1 aromatic carbocycles. The molecule has 0 aliphatic carbocycles. The smallest absolute Gasteiger partial charge is 0.274 e. The predicted octanol–water partition coefficient (Wildman–Crippen LogP) is 2.40. The van der Waals surface area contributed by atoms with Crippen LogP contribution in [0.15, 0.2) is 40.5 Å². The molecule has 0 spiro atoms. The number of nitrogens with zero attached hydrogens (tertiary/aromatic N) is 2. The van der Waals surface area contributed by atoms with Crippen molar-refractivity contribution in [2.45, 2.75) is 6.42 Å². The fraction of sp³-hybridized carbons (Fsp3) is 0.400. The third-order valence-corrected chi connectivity index (χ3v) is 4.17. The Morgan fingerprint density at radius 1 is 1.05 bits per heavy atom. The summed E-state index contributed by atoms with van der Waals surface area (Å²) in [5, 5.41) is 0. The van der Waals surface area contributed by atoms with Gasteiger partial charge in [0, 0.05) is 29.8 Å². The van der Waals surface area contributed by atoms with Gasteiger partial charge in [-0.25, -0.2) is 0 Å². The van der Waals surface area contributed by atoms with E-state index in [-0.39, 0.29) is 5.91 Å². The molecule has 1 saturated heterocycles. The Bertz CT molecular complexity index is 521. The molecule has 0 bridgehead atoms. The fourth-order valence-corrected chi connectivity index (χ4v) is 2.86. The van der Waals surface area contributed by atoms with Crippen molar-refractivity contribution in [1.82, 2.24) is 4.90 Å². The van der Waals surface area contributed by atoms with Crippen LogP contribution in [0.1, 0.15) is 6.42 Å². The maximum atomic E-state index is 12.7.